The highest BCUT2D eigenvalue weighted by Crippen LogP contribution is 2.32. The van der Waals surface area contributed by atoms with E-state index in [4.69, 9.17) is 10.5 Å². The SMILES string of the molecule is COC(=O)c1cc(F)ccc1-c1ccc(Cn2cnn(C/C(=C/F)CN)c2=O)s1.Cl. The Bertz CT molecular complexity index is 1120. The number of methoxy groups -OCH3 is 1. The topological polar surface area (TPSA) is 92.1 Å². The van der Waals surface area contributed by atoms with Crippen LogP contribution in [-0.4, -0.2) is 34.0 Å². The van der Waals surface area contributed by atoms with Crippen molar-refractivity contribution in [1.82, 2.24) is 14.3 Å². The molecule has 0 aliphatic carbocycles. The van der Waals surface area contributed by atoms with Crippen LogP contribution in [0.1, 0.15) is 15.2 Å². The van der Waals surface area contributed by atoms with Gasteiger partial charge in [-0.2, -0.15) is 5.10 Å². The van der Waals surface area contributed by atoms with E-state index < -0.39 is 17.5 Å². The smallest absolute Gasteiger partial charge is 0.346 e. The molecule has 0 saturated heterocycles. The summed E-state index contributed by atoms with van der Waals surface area (Å²) in [6.45, 7) is 0.215. The average molecular weight is 457 g/mol. The second-order valence-electron chi connectivity index (χ2n) is 6.12. The van der Waals surface area contributed by atoms with Crippen molar-refractivity contribution in [3.05, 3.63) is 75.3 Å². The minimum Gasteiger partial charge on any atom is -0.465 e. The molecule has 0 fully saturated rings. The Morgan fingerprint density at radius 2 is 2.10 bits per heavy atom. The van der Waals surface area contributed by atoms with Crippen LogP contribution in [0, 0.1) is 5.82 Å². The van der Waals surface area contributed by atoms with Gasteiger partial charge in [0.05, 0.1) is 32.1 Å². The molecule has 0 bridgehead atoms. The molecule has 1 aromatic carbocycles. The highest BCUT2D eigenvalue weighted by atomic mass is 35.5. The molecule has 7 nitrogen and oxygen atoms in total. The predicted octanol–water partition coefficient (Wildman–Crippen LogP) is 2.98. The molecule has 160 valence electrons. The Balaban J connectivity index is 0.00000320. The van der Waals surface area contributed by atoms with Gasteiger partial charge in [0.1, 0.15) is 12.1 Å². The number of esters is 1. The summed E-state index contributed by atoms with van der Waals surface area (Å²) in [4.78, 5) is 25.9. The molecule has 2 N–H and O–H groups in total. The van der Waals surface area contributed by atoms with Crippen LogP contribution in [0.25, 0.3) is 10.4 Å². The summed E-state index contributed by atoms with van der Waals surface area (Å²) >= 11 is 1.35. The molecular weight excluding hydrogens is 438 g/mol. The lowest BCUT2D eigenvalue weighted by atomic mass is 10.1. The third kappa shape index (κ3) is 5.02. The molecule has 30 heavy (non-hydrogen) atoms. The third-order valence-corrected chi connectivity index (χ3v) is 5.31. The molecule has 2 heterocycles. The van der Waals surface area contributed by atoms with E-state index in [-0.39, 0.29) is 43.2 Å². The van der Waals surface area contributed by atoms with Crippen LogP contribution in [0.5, 0.6) is 0 Å². The van der Waals surface area contributed by atoms with Gasteiger partial charge in [-0.1, -0.05) is 0 Å². The normalized spacial score (nSPS) is 11.3. The molecular formula is C19H19ClF2N4O3S. The fourth-order valence-corrected chi connectivity index (χ4v) is 3.76. The first-order valence-electron chi connectivity index (χ1n) is 8.54. The summed E-state index contributed by atoms with van der Waals surface area (Å²) in [5.41, 5.74) is 5.93. The van der Waals surface area contributed by atoms with Gasteiger partial charge in [-0.05, 0) is 35.9 Å². The molecule has 2 aromatic heterocycles. The summed E-state index contributed by atoms with van der Waals surface area (Å²) in [7, 11) is 1.23. The minimum absolute atomic E-state index is 0. The Labute approximate surface area is 180 Å². The Morgan fingerprint density at radius 1 is 1.33 bits per heavy atom. The zero-order chi connectivity index (χ0) is 21.0. The highest BCUT2D eigenvalue weighted by molar-refractivity contribution is 7.15. The number of benzene rings is 1. The van der Waals surface area contributed by atoms with Crippen molar-refractivity contribution in [2.24, 2.45) is 5.73 Å². The number of thiophene rings is 1. The van der Waals surface area contributed by atoms with Gasteiger partial charge in [-0.15, -0.1) is 23.7 Å². The van der Waals surface area contributed by atoms with E-state index in [1.54, 1.807) is 12.1 Å². The summed E-state index contributed by atoms with van der Waals surface area (Å²) in [6, 6.07) is 7.50. The monoisotopic (exact) mass is 456 g/mol. The van der Waals surface area contributed by atoms with Gasteiger partial charge in [0, 0.05) is 21.9 Å². The lowest BCUT2D eigenvalue weighted by molar-refractivity contribution is 0.0601. The second kappa shape index (κ2) is 10.3. The standard InChI is InChI=1S/C19H18F2N4O3S.ClH/c1-28-18(26)16-6-13(21)2-4-15(16)17-5-3-14(29-17)10-24-11-23-25(19(24)27)9-12(7-20)8-22;/h2-7,11H,8-10,22H2,1H3;1H/b12-7+;. The Kier molecular flexibility index (Phi) is 8.04. The van der Waals surface area contributed by atoms with Gasteiger partial charge in [0.25, 0.3) is 0 Å². The van der Waals surface area contributed by atoms with Crippen LogP contribution >= 0.6 is 23.7 Å². The maximum atomic E-state index is 13.6. The third-order valence-electron chi connectivity index (χ3n) is 4.21. The van der Waals surface area contributed by atoms with Gasteiger partial charge in [0.15, 0.2) is 0 Å². The van der Waals surface area contributed by atoms with E-state index in [1.807, 2.05) is 0 Å². The predicted molar refractivity (Wildman–Crippen MR) is 112 cm³/mol. The van der Waals surface area contributed by atoms with E-state index in [0.717, 1.165) is 20.5 Å². The first-order chi connectivity index (χ1) is 14.0. The van der Waals surface area contributed by atoms with Crippen LogP contribution in [0.15, 0.2) is 53.4 Å². The van der Waals surface area contributed by atoms with E-state index in [0.29, 0.717) is 11.9 Å². The van der Waals surface area contributed by atoms with Crippen molar-refractivity contribution in [2.75, 3.05) is 13.7 Å². The number of halogens is 3. The number of hydrogen-bond acceptors (Lipinski definition) is 6. The summed E-state index contributed by atoms with van der Waals surface area (Å²) in [5, 5.41) is 3.98. The van der Waals surface area contributed by atoms with Crippen LogP contribution < -0.4 is 11.4 Å². The van der Waals surface area contributed by atoms with Crippen molar-refractivity contribution < 1.29 is 18.3 Å². The van der Waals surface area contributed by atoms with Crippen LogP contribution in [0.2, 0.25) is 0 Å². The van der Waals surface area contributed by atoms with Crippen LogP contribution in [0.3, 0.4) is 0 Å². The number of aromatic nitrogens is 3. The molecule has 3 rings (SSSR count). The van der Waals surface area contributed by atoms with Crippen LogP contribution in [-0.2, 0) is 17.8 Å². The summed E-state index contributed by atoms with van der Waals surface area (Å²) in [6.07, 6.45) is 1.74. The van der Waals surface area contributed by atoms with E-state index in [1.165, 1.54) is 41.5 Å². The van der Waals surface area contributed by atoms with Crippen molar-refractivity contribution >= 4 is 29.7 Å². The molecule has 0 atom stereocenters. The van der Waals surface area contributed by atoms with Gasteiger partial charge in [0.2, 0.25) is 0 Å². The lowest BCUT2D eigenvalue weighted by Gasteiger charge is -2.06. The van der Waals surface area contributed by atoms with E-state index in [9.17, 15) is 18.4 Å². The fraction of sp³-hybridized carbons (Fsp3) is 0.211. The highest BCUT2D eigenvalue weighted by Gasteiger charge is 2.16. The molecule has 0 spiro atoms. The van der Waals surface area contributed by atoms with Crippen molar-refractivity contribution in [1.29, 1.82) is 0 Å². The molecule has 0 amide bonds. The molecule has 3 aromatic rings. The lowest BCUT2D eigenvalue weighted by Crippen LogP contribution is -2.26. The quantitative estimate of drug-likeness (QED) is 0.552. The van der Waals surface area contributed by atoms with Crippen molar-refractivity contribution in [3.8, 4) is 10.4 Å². The molecule has 11 heteroatoms. The molecule has 0 radical (unpaired) electrons. The molecule has 0 saturated carbocycles. The second-order valence-corrected chi connectivity index (χ2v) is 7.29. The van der Waals surface area contributed by atoms with Crippen molar-refractivity contribution in [2.45, 2.75) is 13.1 Å². The maximum absolute atomic E-state index is 13.6. The largest absolute Gasteiger partial charge is 0.465 e. The van der Waals surface area contributed by atoms with Gasteiger partial charge in [-0.3, -0.25) is 4.57 Å². The Hall–Kier alpha value is -2.82. The van der Waals surface area contributed by atoms with Gasteiger partial charge < -0.3 is 10.5 Å². The summed E-state index contributed by atoms with van der Waals surface area (Å²) in [5.74, 6) is -1.17. The van der Waals surface area contributed by atoms with Crippen molar-refractivity contribution in [3.63, 3.8) is 0 Å². The first-order valence-corrected chi connectivity index (χ1v) is 9.35. The number of nitrogens with two attached hydrogens (primary N) is 1. The first kappa shape index (κ1) is 23.5. The van der Waals surface area contributed by atoms with E-state index in [2.05, 4.69) is 5.10 Å². The zero-order valence-electron chi connectivity index (χ0n) is 15.9. The number of carbonyl (C=O) groups is 1. The maximum Gasteiger partial charge on any atom is 0.346 e. The van der Waals surface area contributed by atoms with Crippen LogP contribution in [0.4, 0.5) is 8.78 Å². The minimum atomic E-state index is -0.636. The number of rotatable bonds is 7. The molecule has 0 unspecified atom stereocenters. The fourth-order valence-electron chi connectivity index (χ4n) is 2.71. The average Bonchev–Trinajstić information content (AvgIpc) is 3.33. The van der Waals surface area contributed by atoms with Gasteiger partial charge in [-0.25, -0.2) is 23.1 Å². The summed E-state index contributed by atoms with van der Waals surface area (Å²) < 4.78 is 33.5. The number of nitrogens with zero attached hydrogens (tertiary/aromatic N) is 3. The molecule has 0 aliphatic heterocycles. The number of ether oxygens (including phenoxy) is 1. The van der Waals surface area contributed by atoms with Gasteiger partial charge >= 0.3 is 11.7 Å². The van der Waals surface area contributed by atoms with E-state index >= 15 is 0 Å². The Morgan fingerprint density at radius 3 is 2.77 bits per heavy atom. The number of hydrogen-bond donors (Lipinski definition) is 1. The molecule has 0 aliphatic rings. The number of carbonyl (C=O) groups excluding carboxylic acids is 1. The zero-order valence-corrected chi connectivity index (χ0v) is 17.5.